The minimum Gasteiger partial charge on any atom is -0.493 e. The average Bonchev–Trinajstić information content (AvgIpc) is 3.32. The van der Waals surface area contributed by atoms with E-state index < -0.39 is 5.91 Å². The lowest BCUT2D eigenvalue weighted by Gasteiger charge is -2.20. The zero-order chi connectivity index (χ0) is 26.2. The van der Waals surface area contributed by atoms with Gasteiger partial charge < -0.3 is 18.9 Å². The molecule has 2 aliphatic rings. The van der Waals surface area contributed by atoms with Gasteiger partial charge in [-0.2, -0.15) is 15.1 Å². The van der Waals surface area contributed by atoms with Gasteiger partial charge in [0.1, 0.15) is 18.3 Å². The molecule has 37 heavy (non-hydrogen) atoms. The second kappa shape index (κ2) is 12.4. The van der Waals surface area contributed by atoms with Gasteiger partial charge in [0.2, 0.25) is 5.17 Å². The van der Waals surface area contributed by atoms with Gasteiger partial charge in [0, 0.05) is 0 Å². The standard InChI is InChI=1S/C27H30N4O5S/c1-4-6-11-24-30-31-25(28)19(26(32)29-27(31)37-24)16-18-12-13-22(23(17-18)34-5-2)36-15-14-35-21-10-8-7-9-20(21)33-3/h7-10,12-13,16-17,28H,4-6,11,14-15H2,1-3H3. The number of hydrogen-bond donors (Lipinski definition) is 1. The summed E-state index contributed by atoms with van der Waals surface area (Å²) >= 11 is 1.35. The molecule has 0 unspecified atom stereocenters. The highest BCUT2D eigenvalue weighted by Crippen LogP contribution is 2.33. The Balaban J connectivity index is 1.45. The molecule has 0 spiro atoms. The highest BCUT2D eigenvalue weighted by Gasteiger charge is 2.35. The number of para-hydroxylation sites is 2. The van der Waals surface area contributed by atoms with Crippen molar-refractivity contribution in [3.05, 3.63) is 53.6 Å². The molecule has 1 N–H and O–H groups in total. The molecule has 0 bridgehead atoms. The Hall–Kier alpha value is -3.79. The lowest BCUT2D eigenvalue weighted by Crippen LogP contribution is -2.35. The Kier molecular flexibility index (Phi) is 8.84. The molecule has 0 fully saturated rings. The van der Waals surface area contributed by atoms with E-state index in [1.54, 1.807) is 31.4 Å². The first-order valence-corrected chi connectivity index (χ1v) is 13.0. The van der Waals surface area contributed by atoms with Crippen molar-refractivity contribution in [2.75, 3.05) is 26.9 Å². The van der Waals surface area contributed by atoms with Gasteiger partial charge in [0.05, 0.1) is 19.3 Å². The zero-order valence-electron chi connectivity index (χ0n) is 21.2. The highest BCUT2D eigenvalue weighted by atomic mass is 32.2. The summed E-state index contributed by atoms with van der Waals surface area (Å²) in [5, 5.41) is 15.8. The van der Waals surface area contributed by atoms with Gasteiger partial charge in [-0.1, -0.05) is 31.5 Å². The molecule has 0 saturated carbocycles. The monoisotopic (exact) mass is 522 g/mol. The predicted molar refractivity (Wildman–Crippen MR) is 146 cm³/mol. The van der Waals surface area contributed by atoms with Crippen molar-refractivity contribution in [2.24, 2.45) is 10.1 Å². The quantitative estimate of drug-likeness (QED) is 0.295. The number of rotatable bonds is 12. The van der Waals surface area contributed by atoms with E-state index in [0.29, 0.717) is 53.5 Å². The van der Waals surface area contributed by atoms with E-state index >= 15 is 0 Å². The molecular formula is C27H30N4O5S. The number of carbonyl (C=O) groups is 1. The maximum absolute atomic E-state index is 12.7. The number of aliphatic imine (C=N–C) groups is 1. The van der Waals surface area contributed by atoms with Crippen LogP contribution >= 0.6 is 11.8 Å². The van der Waals surface area contributed by atoms with Gasteiger partial charge in [-0.3, -0.25) is 10.2 Å². The average molecular weight is 523 g/mol. The molecule has 0 saturated heterocycles. The first kappa shape index (κ1) is 26.3. The van der Waals surface area contributed by atoms with Gasteiger partial charge in [-0.15, -0.1) is 0 Å². The third-order valence-electron chi connectivity index (χ3n) is 5.49. The normalized spacial score (nSPS) is 15.9. The van der Waals surface area contributed by atoms with Crippen molar-refractivity contribution in [3.63, 3.8) is 0 Å². The largest absolute Gasteiger partial charge is 0.493 e. The van der Waals surface area contributed by atoms with Crippen LogP contribution in [0, 0.1) is 5.41 Å². The van der Waals surface area contributed by atoms with Gasteiger partial charge in [0.25, 0.3) is 5.91 Å². The summed E-state index contributed by atoms with van der Waals surface area (Å²) < 4.78 is 22.7. The van der Waals surface area contributed by atoms with Crippen molar-refractivity contribution >= 4 is 39.8 Å². The number of nitrogens with one attached hydrogen (secondary N) is 1. The summed E-state index contributed by atoms with van der Waals surface area (Å²) in [6.07, 6.45) is 4.48. The number of unbranched alkanes of at least 4 members (excludes halogenated alkanes) is 1. The van der Waals surface area contributed by atoms with Crippen LogP contribution in [-0.2, 0) is 4.79 Å². The Morgan fingerprint density at radius 2 is 1.73 bits per heavy atom. The topological polar surface area (TPSA) is 106 Å². The van der Waals surface area contributed by atoms with Crippen LogP contribution in [0.5, 0.6) is 23.0 Å². The molecule has 2 aliphatic heterocycles. The van der Waals surface area contributed by atoms with Crippen LogP contribution in [0.4, 0.5) is 0 Å². The van der Waals surface area contributed by atoms with E-state index in [0.717, 1.165) is 24.3 Å². The van der Waals surface area contributed by atoms with Gasteiger partial charge >= 0.3 is 0 Å². The van der Waals surface area contributed by atoms with E-state index in [9.17, 15) is 4.79 Å². The third-order valence-corrected chi connectivity index (χ3v) is 6.45. The molecule has 194 valence electrons. The Morgan fingerprint density at radius 3 is 2.43 bits per heavy atom. The Labute approximate surface area is 220 Å². The van der Waals surface area contributed by atoms with E-state index in [4.69, 9.17) is 24.4 Å². The van der Waals surface area contributed by atoms with Crippen LogP contribution < -0.4 is 18.9 Å². The maximum atomic E-state index is 12.7. The van der Waals surface area contributed by atoms with Crippen molar-refractivity contribution < 1.29 is 23.7 Å². The molecule has 0 aromatic heterocycles. The van der Waals surface area contributed by atoms with E-state index in [1.165, 1.54) is 16.8 Å². The molecule has 2 heterocycles. The minimum atomic E-state index is -0.456. The van der Waals surface area contributed by atoms with Crippen LogP contribution in [0.1, 0.15) is 38.7 Å². The first-order chi connectivity index (χ1) is 18.0. The second-order valence-corrected chi connectivity index (χ2v) is 9.14. The molecule has 0 atom stereocenters. The van der Waals surface area contributed by atoms with Crippen molar-refractivity contribution in [2.45, 2.75) is 33.1 Å². The maximum Gasteiger partial charge on any atom is 0.283 e. The number of thioether (sulfide) groups is 1. The fourth-order valence-corrected chi connectivity index (χ4v) is 4.60. The zero-order valence-corrected chi connectivity index (χ0v) is 22.0. The number of hydrogen-bond acceptors (Lipinski definition) is 8. The number of amides is 1. The molecular weight excluding hydrogens is 492 g/mol. The minimum absolute atomic E-state index is 0.0146. The van der Waals surface area contributed by atoms with Crippen LogP contribution in [0.25, 0.3) is 6.08 Å². The number of methoxy groups -OCH3 is 1. The van der Waals surface area contributed by atoms with Crippen LogP contribution in [0.2, 0.25) is 0 Å². The molecule has 4 rings (SSSR count). The number of hydrazone groups is 1. The molecule has 10 heteroatoms. The molecule has 2 aromatic rings. The molecule has 2 aromatic carbocycles. The summed E-state index contributed by atoms with van der Waals surface area (Å²) in [7, 11) is 1.60. The predicted octanol–water partition coefficient (Wildman–Crippen LogP) is 5.36. The van der Waals surface area contributed by atoms with Gasteiger partial charge in [0.15, 0.2) is 28.8 Å². The molecule has 9 nitrogen and oxygen atoms in total. The highest BCUT2D eigenvalue weighted by molar-refractivity contribution is 8.26. The van der Waals surface area contributed by atoms with Crippen LogP contribution in [-0.4, -0.2) is 53.9 Å². The van der Waals surface area contributed by atoms with Gasteiger partial charge in [-0.25, -0.2) is 0 Å². The van der Waals surface area contributed by atoms with Crippen LogP contribution in [0.15, 0.2) is 58.1 Å². The Bertz CT molecular complexity index is 1260. The summed E-state index contributed by atoms with van der Waals surface area (Å²) in [5.41, 5.74) is 0.862. The lowest BCUT2D eigenvalue weighted by atomic mass is 10.1. The summed E-state index contributed by atoms with van der Waals surface area (Å²) in [5.74, 6) is 1.95. The fraction of sp³-hybridized carbons (Fsp3) is 0.333. The lowest BCUT2D eigenvalue weighted by molar-refractivity contribution is -0.114. The van der Waals surface area contributed by atoms with E-state index in [-0.39, 0.29) is 11.4 Å². The molecule has 0 aliphatic carbocycles. The summed E-state index contributed by atoms with van der Waals surface area (Å²) in [6.45, 7) is 5.05. The summed E-state index contributed by atoms with van der Waals surface area (Å²) in [4.78, 5) is 16.9. The van der Waals surface area contributed by atoms with Gasteiger partial charge in [-0.05, 0) is 67.4 Å². The number of amidine groups is 2. The fourth-order valence-electron chi connectivity index (χ4n) is 3.67. The number of fused-ring (bicyclic) bond motifs is 1. The number of carbonyl (C=O) groups excluding carboxylic acids is 1. The first-order valence-electron chi connectivity index (χ1n) is 12.2. The van der Waals surface area contributed by atoms with E-state index in [1.807, 2.05) is 31.2 Å². The Morgan fingerprint density at radius 1 is 1.00 bits per heavy atom. The molecule has 1 amide bonds. The van der Waals surface area contributed by atoms with Crippen molar-refractivity contribution in [1.82, 2.24) is 5.01 Å². The van der Waals surface area contributed by atoms with E-state index in [2.05, 4.69) is 17.0 Å². The third kappa shape index (κ3) is 6.32. The SMILES string of the molecule is CCCCC1=NN2C(=N)C(=Cc3ccc(OCCOc4ccccc4OC)c(OCC)c3)C(=O)N=C2S1. The molecule has 0 radical (unpaired) electrons. The van der Waals surface area contributed by atoms with Crippen molar-refractivity contribution in [1.29, 1.82) is 5.41 Å². The number of nitrogens with zero attached hydrogens (tertiary/aromatic N) is 3. The summed E-state index contributed by atoms with van der Waals surface area (Å²) in [6, 6.07) is 12.8. The smallest absolute Gasteiger partial charge is 0.283 e. The number of ether oxygens (including phenoxy) is 4. The van der Waals surface area contributed by atoms with Crippen molar-refractivity contribution in [3.8, 4) is 23.0 Å². The number of benzene rings is 2. The van der Waals surface area contributed by atoms with Crippen LogP contribution in [0.3, 0.4) is 0 Å². The second-order valence-electron chi connectivity index (χ2n) is 8.10.